The summed E-state index contributed by atoms with van der Waals surface area (Å²) >= 11 is 6.16. The Bertz CT molecular complexity index is 1140. The van der Waals surface area contributed by atoms with Gasteiger partial charge < -0.3 is 10.1 Å². The first-order valence-electron chi connectivity index (χ1n) is 8.41. The smallest absolute Gasteiger partial charge is 0.293 e. The number of hydrogen-bond acceptors (Lipinski definition) is 4. The van der Waals surface area contributed by atoms with E-state index in [1.54, 1.807) is 44.4 Å². The van der Waals surface area contributed by atoms with Crippen LogP contribution in [0.1, 0.15) is 27.6 Å². The lowest BCUT2D eigenvalue weighted by Crippen LogP contribution is -2.23. The van der Waals surface area contributed by atoms with Crippen molar-refractivity contribution < 1.29 is 13.9 Å². The summed E-state index contributed by atoms with van der Waals surface area (Å²) in [6, 6.07) is 10.9. The molecule has 9 heteroatoms. The van der Waals surface area contributed by atoms with E-state index in [-0.39, 0.29) is 35.4 Å². The largest absolute Gasteiger partial charge is 0.623 e. The van der Waals surface area contributed by atoms with Crippen LogP contribution < -0.4 is 0 Å². The van der Waals surface area contributed by atoms with Gasteiger partial charge in [0.2, 0.25) is 18.1 Å². The number of aromatic nitrogens is 3. The van der Waals surface area contributed by atoms with Gasteiger partial charge in [-0.1, -0.05) is 23.7 Å². The lowest BCUT2D eigenvalue weighted by Gasteiger charge is -2.11. The predicted octanol–water partition coefficient (Wildman–Crippen LogP) is 2.62. The molecule has 0 unspecified atom stereocenters. The van der Waals surface area contributed by atoms with Gasteiger partial charge in [-0.25, -0.2) is 14.1 Å². The van der Waals surface area contributed by atoms with Gasteiger partial charge in [-0.15, -0.1) is 5.10 Å². The molecule has 4 rings (SSSR count). The number of rotatable bonds is 2. The number of hydroxylamine groups is 1. The second-order valence-electron chi connectivity index (χ2n) is 6.49. The minimum absolute atomic E-state index is 0.0244. The lowest BCUT2D eigenvalue weighted by atomic mass is 10.00. The molecule has 0 bridgehead atoms. The van der Waals surface area contributed by atoms with Gasteiger partial charge in [-0.3, -0.25) is 4.79 Å². The quantitative estimate of drug-likeness (QED) is 0.490. The topological polar surface area (TPSA) is 77.1 Å². The Morgan fingerprint density at radius 3 is 2.71 bits per heavy atom. The molecule has 0 atom stereocenters. The zero-order valence-electron chi connectivity index (χ0n) is 15.1. The first-order valence-corrected chi connectivity index (χ1v) is 8.79. The van der Waals surface area contributed by atoms with Crippen molar-refractivity contribution in [2.45, 2.75) is 6.54 Å². The molecule has 142 valence electrons. The molecular formula is C19H15ClFN5O2. The molecular weight excluding hydrogens is 385 g/mol. The van der Waals surface area contributed by atoms with Crippen molar-refractivity contribution >= 4 is 23.2 Å². The molecule has 28 heavy (non-hydrogen) atoms. The number of benzene rings is 2. The average Bonchev–Trinajstić information content (AvgIpc) is 3.02. The van der Waals surface area contributed by atoms with Crippen LogP contribution in [0.4, 0.5) is 4.39 Å². The number of carbonyl (C=O) groups excluding carboxylic acids is 1. The van der Waals surface area contributed by atoms with E-state index in [4.69, 9.17) is 11.6 Å². The normalized spacial score (nSPS) is 13.0. The van der Waals surface area contributed by atoms with Crippen LogP contribution in [-0.4, -0.2) is 50.1 Å². The highest BCUT2D eigenvalue weighted by molar-refractivity contribution is 6.31. The van der Waals surface area contributed by atoms with Crippen molar-refractivity contribution in [2.24, 2.45) is 0 Å². The lowest BCUT2D eigenvalue weighted by molar-refractivity contribution is -0.475. The van der Waals surface area contributed by atoms with Crippen molar-refractivity contribution in [1.82, 2.24) is 19.7 Å². The molecule has 0 spiro atoms. The van der Waals surface area contributed by atoms with Gasteiger partial charge in [0.05, 0.1) is 16.8 Å². The molecule has 0 N–H and O–H groups in total. The van der Waals surface area contributed by atoms with E-state index in [1.807, 2.05) is 0 Å². The summed E-state index contributed by atoms with van der Waals surface area (Å²) in [7, 11) is 3.18. The molecule has 0 radical (unpaired) electrons. The first-order chi connectivity index (χ1) is 13.4. The summed E-state index contributed by atoms with van der Waals surface area (Å²) in [4.78, 5) is 17.8. The highest BCUT2D eigenvalue weighted by Crippen LogP contribution is 2.27. The average molecular weight is 400 g/mol. The van der Waals surface area contributed by atoms with Crippen LogP contribution >= 0.6 is 11.6 Å². The SMILES string of the molecule is CN(C)C(=O)c1nc2n(n1)-c1ccc(Cl)cc1C(c1ccccc1F)=[N+]([O-])C2. The molecule has 3 aromatic rings. The van der Waals surface area contributed by atoms with Gasteiger partial charge in [0, 0.05) is 19.1 Å². The maximum absolute atomic E-state index is 14.5. The molecule has 1 aliphatic heterocycles. The number of nitrogens with zero attached hydrogens (tertiary/aromatic N) is 5. The Balaban J connectivity index is 1.99. The second-order valence-corrected chi connectivity index (χ2v) is 6.93. The van der Waals surface area contributed by atoms with Crippen LogP contribution in [0, 0.1) is 11.0 Å². The van der Waals surface area contributed by atoms with Gasteiger partial charge in [0.1, 0.15) is 5.82 Å². The summed E-state index contributed by atoms with van der Waals surface area (Å²) in [6.07, 6.45) is 0. The van der Waals surface area contributed by atoms with Crippen molar-refractivity contribution in [3.63, 3.8) is 0 Å². The number of halogens is 2. The minimum atomic E-state index is -0.528. The molecule has 0 aliphatic carbocycles. The van der Waals surface area contributed by atoms with E-state index in [0.717, 1.165) is 0 Å². The van der Waals surface area contributed by atoms with Gasteiger partial charge in [0.15, 0.2) is 5.82 Å². The molecule has 1 aromatic heterocycles. The van der Waals surface area contributed by atoms with Crippen LogP contribution in [0.15, 0.2) is 42.5 Å². The second kappa shape index (κ2) is 6.72. The fourth-order valence-electron chi connectivity index (χ4n) is 3.09. The van der Waals surface area contributed by atoms with Crippen molar-refractivity contribution in [3.8, 4) is 5.69 Å². The van der Waals surface area contributed by atoms with Crippen LogP contribution in [0.3, 0.4) is 0 Å². The molecule has 1 aliphatic rings. The third-order valence-corrected chi connectivity index (χ3v) is 4.61. The van der Waals surface area contributed by atoms with Gasteiger partial charge in [0.25, 0.3) is 5.91 Å². The van der Waals surface area contributed by atoms with E-state index in [9.17, 15) is 14.4 Å². The zero-order chi connectivity index (χ0) is 20.0. The first kappa shape index (κ1) is 18.1. The number of fused-ring (bicyclic) bond motifs is 3. The van der Waals surface area contributed by atoms with Gasteiger partial charge >= 0.3 is 0 Å². The standard InChI is InChI=1S/C19H15ClFN5O2/c1-24(2)19(27)18-22-16-10-25(28)17(12-5-3-4-6-14(12)21)13-9-11(20)7-8-15(13)26(16)23-18/h3-9H,10H2,1-2H3. The van der Waals surface area contributed by atoms with Crippen LogP contribution in [0.2, 0.25) is 5.02 Å². The zero-order valence-corrected chi connectivity index (χ0v) is 15.8. The molecule has 1 amide bonds. The summed E-state index contributed by atoms with van der Waals surface area (Å²) < 4.78 is 16.6. The molecule has 0 fully saturated rings. The maximum atomic E-state index is 14.5. The molecule has 2 heterocycles. The minimum Gasteiger partial charge on any atom is -0.623 e. The fourth-order valence-corrected chi connectivity index (χ4v) is 3.26. The van der Waals surface area contributed by atoms with E-state index in [2.05, 4.69) is 10.1 Å². The van der Waals surface area contributed by atoms with Gasteiger partial charge in [-0.2, -0.15) is 4.74 Å². The highest BCUT2D eigenvalue weighted by Gasteiger charge is 2.31. The summed E-state index contributed by atoms with van der Waals surface area (Å²) in [5, 5.41) is 17.7. The number of amides is 1. The Hall–Kier alpha value is -3.26. The Morgan fingerprint density at radius 2 is 2.00 bits per heavy atom. The number of hydrogen-bond donors (Lipinski definition) is 0. The Labute approximate surface area is 164 Å². The summed E-state index contributed by atoms with van der Waals surface area (Å²) in [5.41, 5.74) is 1.17. The maximum Gasteiger partial charge on any atom is 0.293 e. The van der Waals surface area contributed by atoms with Crippen molar-refractivity contribution in [2.75, 3.05) is 14.1 Å². The molecule has 0 saturated carbocycles. The summed E-state index contributed by atoms with van der Waals surface area (Å²) in [6.45, 7) is -0.205. The number of carbonyl (C=O) groups is 1. The molecule has 7 nitrogen and oxygen atoms in total. The van der Waals surface area contributed by atoms with E-state index in [0.29, 0.717) is 21.0 Å². The fraction of sp³-hybridized carbons (Fsp3) is 0.158. The monoisotopic (exact) mass is 399 g/mol. The van der Waals surface area contributed by atoms with Crippen molar-refractivity contribution in [1.29, 1.82) is 0 Å². The molecule has 0 saturated heterocycles. The summed E-state index contributed by atoms with van der Waals surface area (Å²) in [5.74, 6) is -0.661. The van der Waals surface area contributed by atoms with Crippen molar-refractivity contribution in [3.05, 3.63) is 81.3 Å². The van der Waals surface area contributed by atoms with Crippen LogP contribution in [0.5, 0.6) is 0 Å². The Kier molecular flexibility index (Phi) is 4.35. The third-order valence-electron chi connectivity index (χ3n) is 4.38. The predicted molar refractivity (Wildman–Crippen MR) is 101 cm³/mol. The van der Waals surface area contributed by atoms with E-state index >= 15 is 0 Å². The van der Waals surface area contributed by atoms with Gasteiger partial charge in [-0.05, 0) is 30.3 Å². The van der Waals surface area contributed by atoms with Crippen LogP contribution in [0.25, 0.3) is 5.69 Å². The third kappa shape index (κ3) is 2.91. The van der Waals surface area contributed by atoms with E-state index < -0.39 is 5.82 Å². The Morgan fingerprint density at radius 1 is 1.25 bits per heavy atom. The van der Waals surface area contributed by atoms with E-state index in [1.165, 1.54) is 21.7 Å². The highest BCUT2D eigenvalue weighted by atomic mass is 35.5. The van der Waals surface area contributed by atoms with Crippen LogP contribution in [-0.2, 0) is 6.54 Å². The molecule has 2 aromatic carbocycles.